The van der Waals surface area contributed by atoms with Gasteiger partial charge in [-0.25, -0.2) is 4.79 Å². The molecule has 0 aliphatic rings. The Hall–Kier alpha value is -2.00. The van der Waals surface area contributed by atoms with Crippen LogP contribution in [-0.2, 0) is 4.79 Å². The zero-order valence-corrected chi connectivity index (χ0v) is 14.9. The maximum Gasteiger partial charge on any atom is 0.342 e. The Kier molecular flexibility index (Phi) is 5.67. The predicted molar refractivity (Wildman–Crippen MR) is 87.8 cm³/mol. The van der Waals surface area contributed by atoms with E-state index in [1.807, 2.05) is 0 Å². The number of carboxylic acid groups (broad SMARTS) is 1. The molecule has 0 bridgehead atoms. The molecule has 0 saturated heterocycles. The van der Waals surface area contributed by atoms with Crippen LogP contribution in [0.3, 0.4) is 0 Å². The van der Waals surface area contributed by atoms with Gasteiger partial charge in [0.1, 0.15) is 16.4 Å². The fraction of sp³-hybridized carbons (Fsp3) is 0.214. The number of ether oxygens (including phenoxy) is 2. The van der Waals surface area contributed by atoms with Gasteiger partial charge in [-0.05, 0) is 39.8 Å². The number of carbonyl (C=O) groups is 1. The second-order valence-electron chi connectivity index (χ2n) is 4.23. The van der Waals surface area contributed by atoms with Crippen LogP contribution in [0.15, 0.2) is 31.2 Å². The highest BCUT2D eigenvalue weighted by molar-refractivity contribution is 9.10. The lowest BCUT2D eigenvalue weighted by molar-refractivity contribution is -0.131. The van der Waals surface area contributed by atoms with Gasteiger partial charge in [-0.2, -0.15) is 0 Å². The van der Waals surface area contributed by atoms with Gasteiger partial charge in [-0.15, -0.1) is 10.2 Å². The molecule has 2 rings (SSSR count). The van der Waals surface area contributed by atoms with Crippen LogP contribution in [-0.4, -0.2) is 35.5 Å². The average molecular weight is 401 g/mol. The van der Waals surface area contributed by atoms with Crippen LogP contribution in [0.4, 0.5) is 0 Å². The summed E-state index contributed by atoms with van der Waals surface area (Å²) in [5.74, 6) is 0.309. The van der Waals surface area contributed by atoms with E-state index in [0.29, 0.717) is 27.4 Å². The second kappa shape index (κ2) is 7.51. The number of aliphatic carboxylic acids is 1. The van der Waals surface area contributed by atoms with Crippen molar-refractivity contribution in [2.24, 2.45) is 0 Å². The largest absolute Gasteiger partial charge is 0.496 e. The molecule has 0 aliphatic carbocycles. The first-order valence-electron chi connectivity index (χ1n) is 6.29. The number of hydrogen-bond donors (Lipinski definition) is 1. The summed E-state index contributed by atoms with van der Waals surface area (Å²) in [7, 11) is 3.03. The number of halogens is 1. The Morgan fingerprint density at radius 3 is 2.52 bits per heavy atom. The van der Waals surface area contributed by atoms with Crippen molar-refractivity contribution in [2.75, 3.05) is 14.2 Å². The van der Waals surface area contributed by atoms with Gasteiger partial charge in [-0.1, -0.05) is 0 Å². The molecule has 7 nitrogen and oxygen atoms in total. The summed E-state index contributed by atoms with van der Waals surface area (Å²) in [6.07, 6.45) is 1.47. The third-order valence-corrected chi connectivity index (χ3v) is 4.18. The number of aromatic nitrogens is 2. The van der Waals surface area contributed by atoms with Crippen LogP contribution in [0.25, 0.3) is 6.08 Å². The topological polar surface area (TPSA) is 94.7 Å². The summed E-state index contributed by atoms with van der Waals surface area (Å²) in [5.41, 5.74) is 0.571. The molecule has 1 aromatic heterocycles. The number of nitrogens with zero attached hydrogens (tertiary/aromatic N) is 2. The lowest BCUT2D eigenvalue weighted by atomic mass is 10.1. The normalized spacial score (nSPS) is 11.4. The van der Waals surface area contributed by atoms with Crippen molar-refractivity contribution in [2.45, 2.75) is 12.1 Å². The van der Waals surface area contributed by atoms with Crippen LogP contribution in [0.2, 0.25) is 0 Å². The molecule has 0 amide bonds. The zero-order valence-electron chi connectivity index (χ0n) is 12.5. The Labute approximate surface area is 144 Å². The van der Waals surface area contributed by atoms with E-state index in [1.54, 1.807) is 19.1 Å². The van der Waals surface area contributed by atoms with Gasteiger partial charge < -0.3 is 19.0 Å². The maximum absolute atomic E-state index is 11.5. The minimum Gasteiger partial charge on any atom is -0.496 e. The summed E-state index contributed by atoms with van der Waals surface area (Å²) < 4.78 is 16.3. The summed E-state index contributed by atoms with van der Waals surface area (Å²) in [4.78, 5) is 11.5. The highest BCUT2D eigenvalue weighted by atomic mass is 79.9. The summed E-state index contributed by atoms with van der Waals surface area (Å²) in [6.45, 7) is 1.63. The molecule has 0 atom stereocenters. The first-order chi connectivity index (χ1) is 10.9. The number of hydrogen-bond acceptors (Lipinski definition) is 7. The molecule has 0 aliphatic heterocycles. The Balaban J connectivity index is 2.42. The van der Waals surface area contributed by atoms with Gasteiger partial charge in [0, 0.05) is 18.6 Å². The Bertz CT molecular complexity index is 760. The number of carboxylic acids is 1. The van der Waals surface area contributed by atoms with Gasteiger partial charge >= 0.3 is 5.97 Å². The fourth-order valence-corrected chi connectivity index (χ4v) is 2.91. The lowest BCUT2D eigenvalue weighted by Gasteiger charge is -2.10. The second-order valence-corrected chi connectivity index (χ2v) is 6.08. The smallest absolute Gasteiger partial charge is 0.342 e. The molecule has 2 aromatic rings. The van der Waals surface area contributed by atoms with Crippen molar-refractivity contribution >= 4 is 39.7 Å². The minimum absolute atomic E-state index is 0.0176. The van der Waals surface area contributed by atoms with Crippen molar-refractivity contribution in [3.8, 4) is 11.5 Å². The highest BCUT2D eigenvalue weighted by Crippen LogP contribution is 2.36. The SMILES string of the molecule is COc1cc(OC)c(/C=C(\Sc2nnc(C)o2)C(=O)O)cc1Br. The molecule has 0 saturated carbocycles. The van der Waals surface area contributed by atoms with Crippen molar-refractivity contribution in [3.05, 3.63) is 33.0 Å². The molecule has 1 aromatic carbocycles. The van der Waals surface area contributed by atoms with Crippen LogP contribution in [0.5, 0.6) is 11.5 Å². The van der Waals surface area contributed by atoms with Crippen molar-refractivity contribution in [3.63, 3.8) is 0 Å². The molecule has 0 unspecified atom stereocenters. The van der Waals surface area contributed by atoms with Crippen LogP contribution in [0.1, 0.15) is 11.5 Å². The van der Waals surface area contributed by atoms with E-state index in [0.717, 1.165) is 11.8 Å². The number of benzene rings is 1. The predicted octanol–water partition coefficient (Wildman–Crippen LogP) is 3.38. The van der Waals surface area contributed by atoms with E-state index in [4.69, 9.17) is 13.9 Å². The number of methoxy groups -OCH3 is 2. The fourth-order valence-electron chi connectivity index (χ4n) is 1.69. The number of rotatable bonds is 6. The Morgan fingerprint density at radius 1 is 1.30 bits per heavy atom. The molecule has 9 heteroatoms. The van der Waals surface area contributed by atoms with Crippen LogP contribution in [0, 0.1) is 6.92 Å². The molecule has 0 fully saturated rings. The third kappa shape index (κ3) is 4.26. The van der Waals surface area contributed by atoms with E-state index in [9.17, 15) is 9.90 Å². The van der Waals surface area contributed by atoms with Gasteiger partial charge in [0.25, 0.3) is 5.22 Å². The molecule has 122 valence electrons. The highest BCUT2D eigenvalue weighted by Gasteiger charge is 2.16. The zero-order chi connectivity index (χ0) is 17.0. The van der Waals surface area contributed by atoms with E-state index < -0.39 is 5.97 Å². The molecule has 1 heterocycles. The Morgan fingerprint density at radius 2 is 2.00 bits per heavy atom. The third-order valence-electron chi connectivity index (χ3n) is 2.71. The first-order valence-corrected chi connectivity index (χ1v) is 7.90. The minimum atomic E-state index is -1.11. The molecule has 0 spiro atoms. The number of thioether (sulfide) groups is 1. The van der Waals surface area contributed by atoms with E-state index in [-0.39, 0.29) is 10.1 Å². The molecule has 1 N–H and O–H groups in total. The quantitative estimate of drug-likeness (QED) is 0.582. The van der Waals surface area contributed by atoms with Crippen LogP contribution >= 0.6 is 27.7 Å². The van der Waals surface area contributed by atoms with E-state index in [1.165, 1.54) is 20.3 Å². The van der Waals surface area contributed by atoms with Crippen molar-refractivity contribution in [1.82, 2.24) is 10.2 Å². The maximum atomic E-state index is 11.5. The van der Waals surface area contributed by atoms with Crippen LogP contribution < -0.4 is 9.47 Å². The molecular formula is C14H13BrN2O5S. The van der Waals surface area contributed by atoms with Gasteiger partial charge in [0.15, 0.2) is 0 Å². The van der Waals surface area contributed by atoms with E-state index in [2.05, 4.69) is 26.1 Å². The van der Waals surface area contributed by atoms with Gasteiger partial charge in [-0.3, -0.25) is 0 Å². The summed E-state index contributed by atoms with van der Waals surface area (Å²) in [6, 6.07) is 3.37. The molecule has 0 radical (unpaired) electrons. The standard InChI is InChI=1S/C14H13BrN2O5S/c1-7-16-17-14(22-7)23-12(13(18)19)5-8-4-9(15)11(21-3)6-10(8)20-2/h4-6H,1-3H3,(H,18,19)/b12-5-. The summed E-state index contributed by atoms with van der Waals surface area (Å²) >= 11 is 4.23. The first kappa shape index (κ1) is 17.4. The summed E-state index contributed by atoms with van der Waals surface area (Å²) in [5, 5.41) is 17.0. The van der Waals surface area contributed by atoms with E-state index >= 15 is 0 Å². The number of aryl methyl sites for hydroxylation is 1. The van der Waals surface area contributed by atoms with Gasteiger partial charge in [0.05, 0.1) is 18.7 Å². The van der Waals surface area contributed by atoms with Crippen molar-refractivity contribution < 1.29 is 23.8 Å². The molecular weight excluding hydrogens is 388 g/mol. The van der Waals surface area contributed by atoms with Crippen molar-refractivity contribution in [1.29, 1.82) is 0 Å². The molecule has 23 heavy (non-hydrogen) atoms. The lowest BCUT2D eigenvalue weighted by Crippen LogP contribution is -1.98. The monoisotopic (exact) mass is 400 g/mol. The van der Waals surface area contributed by atoms with Gasteiger partial charge in [0.2, 0.25) is 5.89 Å². The average Bonchev–Trinajstić information content (AvgIpc) is 2.92.